The number of fused-ring (bicyclic) bond motifs is 1. The first-order valence-electron chi connectivity index (χ1n) is 7.58. The summed E-state index contributed by atoms with van der Waals surface area (Å²) in [6.07, 6.45) is 4.03. The van der Waals surface area contributed by atoms with E-state index >= 15 is 0 Å². The Kier molecular flexibility index (Phi) is 4.28. The molecular weight excluding hydrogens is 246 g/mol. The van der Waals surface area contributed by atoms with E-state index in [1.54, 1.807) is 0 Å². The van der Waals surface area contributed by atoms with E-state index < -0.39 is 0 Å². The van der Waals surface area contributed by atoms with Crippen molar-refractivity contribution in [1.82, 2.24) is 15.2 Å². The number of para-hydroxylation sites is 1. The van der Waals surface area contributed by atoms with Gasteiger partial charge in [0.2, 0.25) is 0 Å². The van der Waals surface area contributed by atoms with Gasteiger partial charge in [-0.2, -0.15) is 0 Å². The van der Waals surface area contributed by atoms with Gasteiger partial charge in [0, 0.05) is 24.5 Å². The topological polar surface area (TPSA) is 28.2 Å². The number of pyridine rings is 1. The summed E-state index contributed by atoms with van der Waals surface area (Å²) >= 11 is 0. The maximum atomic E-state index is 4.70. The van der Waals surface area contributed by atoms with E-state index in [1.807, 2.05) is 6.07 Å². The van der Waals surface area contributed by atoms with Gasteiger partial charge in [-0.05, 0) is 38.6 Å². The number of nitrogens with zero attached hydrogens (tertiary/aromatic N) is 2. The van der Waals surface area contributed by atoms with Gasteiger partial charge >= 0.3 is 0 Å². The maximum absolute atomic E-state index is 4.70. The second kappa shape index (κ2) is 6.33. The molecule has 1 fully saturated rings. The SMILES string of the molecule is CN1CCCCC1CNCc1ccc2ccccc2n1. The molecule has 0 spiro atoms. The van der Waals surface area contributed by atoms with Gasteiger partial charge in [-0.1, -0.05) is 30.7 Å². The Bertz CT molecular complexity index is 567. The van der Waals surface area contributed by atoms with Crippen molar-refractivity contribution in [2.24, 2.45) is 0 Å². The normalized spacial score (nSPS) is 20.4. The first-order valence-corrected chi connectivity index (χ1v) is 7.58. The summed E-state index contributed by atoms with van der Waals surface area (Å²) in [6.45, 7) is 3.15. The van der Waals surface area contributed by atoms with Gasteiger partial charge in [-0.3, -0.25) is 4.98 Å². The number of benzene rings is 1. The van der Waals surface area contributed by atoms with Gasteiger partial charge in [-0.15, -0.1) is 0 Å². The summed E-state index contributed by atoms with van der Waals surface area (Å²) in [7, 11) is 2.24. The van der Waals surface area contributed by atoms with Crippen LogP contribution in [0.2, 0.25) is 0 Å². The number of likely N-dealkylation sites (N-methyl/N-ethyl adjacent to an activating group) is 1. The van der Waals surface area contributed by atoms with Crippen molar-refractivity contribution in [3.05, 3.63) is 42.1 Å². The molecule has 0 aliphatic carbocycles. The minimum Gasteiger partial charge on any atom is -0.310 e. The second-order valence-electron chi connectivity index (χ2n) is 5.76. The minimum atomic E-state index is 0.684. The van der Waals surface area contributed by atoms with E-state index in [9.17, 15) is 0 Å². The van der Waals surface area contributed by atoms with Gasteiger partial charge in [-0.25, -0.2) is 0 Å². The summed E-state index contributed by atoms with van der Waals surface area (Å²) < 4.78 is 0. The van der Waals surface area contributed by atoms with Gasteiger partial charge in [0.1, 0.15) is 0 Å². The van der Waals surface area contributed by atoms with Crippen molar-refractivity contribution in [1.29, 1.82) is 0 Å². The van der Waals surface area contributed by atoms with E-state index in [0.29, 0.717) is 6.04 Å². The molecular formula is C17H23N3. The Morgan fingerprint density at radius 1 is 1.20 bits per heavy atom. The molecule has 3 heteroatoms. The van der Waals surface area contributed by atoms with E-state index in [1.165, 1.54) is 31.2 Å². The fraction of sp³-hybridized carbons (Fsp3) is 0.471. The molecule has 1 N–H and O–H groups in total. The van der Waals surface area contributed by atoms with Crippen LogP contribution in [0.1, 0.15) is 25.0 Å². The zero-order valence-electron chi connectivity index (χ0n) is 12.2. The molecule has 1 unspecified atom stereocenters. The maximum Gasteiger partial charge on any atom is 0.0705 e. The molecule has 0 saturated carbocycles. The fourth-order valence-corrected chi connectivity index (χ4v) is 2.98. The van der Waals surface area contributed by atoms with Crippen LogP contribution in [0.4, 0.5) is 0 Å². The van der Waals surface area contributed by atoms with Crippen molar-refractivity contribution >= 4 is 10.9 Å². The second-order valence-corrected chi connectivity index (χ2v) is 5.76. The summed E-state index contributed by atoms with van der Waals surface area (Å²) in [6, 6.07) is 13.3. The Hall–Kier alpha value is -1.45. The van der Waals surface area contributed by atoms with E-state index in [2.05, 4.69) is 47.6 Å². The minimum absolute atomic E-state index is 0.684. The molecule has 0 amide bonds. The Balaban J connectivity index is 1.56. The van der Waals surface area contributed by atoms with Gasteiger partial charge in [0.25, 0.3) is 0 Å². The predicted molar refractivity (Wildman–Crippen MR) is 83.7 cm³/mol. The van der Waals surface area contributed by atoms with Crippen LogP contribution < -0.4 is 5.32 Å². The largest absolute Gasteiger partial charge is 0.310 e. The highest BCUT2D eigenvalue weighted by Gasteiger charge is 2.17. The molecule has 1 aliphatic heterocycles. The lowest BCUT2D eigenvalue weighted by molar-refractivity contribution is 0.181. The van der Waals surface area contributed by atoms with E-state index in [0.717, 1.165) is 24.3 Å². The molecule has 0 radical (unpaired) electrons. The average molecular weight is 269 g/mol. The molecule has 2 heterocycles. The van der Waals surface area contributed by atoms with E-state index in [4.69, 9.17) is 4.98 Å². The van der Waals surface area contributed by atoms with Crippen LogP contribution in [0.15, 0.2) is 36.4 Å². The van der Waals surface area contributed by atoms with Crippen molar-refractivity contribution in [3.8, 4) is 0 Å². The number of hydrogen-bond donors (Lipinski definition) is 1. The molecule has 1 atom stereocenters. The highest BCUT2D eigenvalue weighted by atomic mass is 15.2. The monoisotopic (exact) mass is 269 g/mol. The average Bonchev–Trinajstić information content (AvgIpc) is 2.49. The van der Waals surface area contributed by atoms with Crippen molar-refractivity contribution in [2.45, 2.75) is 31.8 Å². The molecule has 1 saturated heterocycles. The van der Waals surface area contributed by atoms with Crippen LogP contribution in [-0.4, -0.2) is 36.1 Å². The molecule has 3 nitrogen and oxygen atoms in total. The zero-order chi connectivity index (χ0) is 13.8. The standard InChI is InChI=1S/C17H23N3/c1-20-11-5-4-7-16(20)13-18-12-15-10-9-14-6-2-3-8-17(14)19-15/h2-3,6,8-10,16,18H,4-5,7,11-13H2,1H3. The number of likely N-dealkylation sites (tertiary alicyclic amines) is 1. The third-order valence-corrected chi connectivity index (χ3v) is 4.26. The highest BCUT2D eigenvalue weighted by Crippen LogP contribution is 2.14. The smallest absolute Gasteiger partial charge is 0.0705 e. The Morgan fingerprint density at radius 2 is 2.10 bits per heavy atom. The molecule has 1 aromatic carbocycles. The number of aromatic nitrogens is 1. The van der Waals surface area contributed by atoms with Gasteiger partial charge < -0.3 is 10.2 Å². The van der Waals surface area contributed by atoms with Crippen LogP contribution in [-0.2, 0) is 6.54 Å². The van der Waals surface area contributed by atoms with Crippen LogP contribution >= 0.6 is 0 Å². The quantitative estimate of drug-likeness (QED) is 0.925. The summed E-state index contributed by atoms with van der Waals surface area (Å²) in [5.74, 6) is 0. The number of rotatable bonds is 4. The zero-order valence-corrected chi connectivity index (χ0v) is 12.2. The lowest BCUT2D eigenvalue weighted by Crippen LogP contribution is -2.42. The third kappa shape index (κ3) is 3.17. The van der Waals surface area contributed by atoms with Crippen LogP contribution in [0.3, 0.4) is 0 Å². The number of hydrogen-bond acceptors (Lipinski definition) is 3. The Morgan fingerprint density at radius 3 is 3.00 bits per heavy atom. The molecule has 0 bridgehead atoms. The van der Waals surface area contributed by atoms with Crippen molar-refractivity contribution in [3.63, 3.8) is 0 Å². The first-order chi connectivity index (χ1) is 9.83. The summed E-state index contributed by atoms with van der Waals surface area (Å²) in [5, 5.41) is 4.77. The Labute approximate surface area is 121 Å². The lowest BCUT2D eigenvalue weighted by atomic mass is 10.0. The fourth-order valence-electron chi connectivity index (χ4n) is 2.98. The predicted octanol–water partition coefficient (Wildman–Crippen LogP) is 2.81. The number of piperidine rings is 1. The van der Waals surface area contributed by atoms with Crippen LogP contribution in [0, 0.1) is 0 Å². The van der Waals surface area contributed by atoms with Crippen LogP contribution in [0.5, 0.6) is 0 Å². The third-order valence-electron chi connectivity index (χ3n) is 4.26. The first kappa shape index (κ1) is 13.5. The molecule has 1 aliphatic rings. The van der Waals surface area contributed by atoms with Crippen LogP contribution in [0.25, 0.3) is 10.9 Å². The van der Waals surface area contributed by atoms with Gasteiger partial charge in [0.15, 0.2) is 0 Å². The molecule has 106 valence electrons. The highest BCUT2D eigenvalue weighted by molar-refractivity contribution is 5.78. The summed E-state index contributed by atoms with van der Waals surface area (Å²) in [5.41, 5.74) is 2.21. The summed E-state index contributed by atoms with van der Waals surface area (Å²) in [4.78, 5) is 7.18. The van der Waals surface area contributed by atoms with Crippen molar-refractivity contribution < 1.29 is 0 Å². The molecule has 2 aromatic rings. The number of nitrogens with one attached hydrogen (secondary N) is 1. The molecule has 1 aromatic heterocycles. The molecule has 3 rings (SSSR count). The van der Waals surface area contributed by atoms with Gasteiger partial charge in [0.05, 0.1) is 11.2 Å². The van der Waals surface area contributed by atoms with E-state index in [-0.39, 0.29) is 0 Å². The lowest BCUT2D eigenvalue weighted by Gasteiger charge is -2.32. The molecule has 20 heavy (non-hydrogen) atoms. The van der Waals surface area contributed by atoms with Crippen molar-refractivity contribution in [2.75, 3.05) is 20.1 Å².